The van der Waals surface area contributed by atoms with Gasteiger partial charge in [0.15, 0.2) is 0 Å². The first-order valence-corrected chi connectivity index (χ1v) is 12.4. The van der Waals surface area contributed by atoms with Gasteiger partial charge in [-0.2, -0.15) is 0 Å². The number of carbonyl (C=O) groups is 1. The van der Waals surface area contributed by atoms with Crippen molar-refractivity contribution >= 4 is 40.8 Å². The van der Waals surface area contributed by atoms with Gasteiger partial charge in [0.2, 0.25) is 0 Å². The zero-order valence-electron chi connectivity index (χ0n) is 18.9. The van der Waals surface area contributed by atoms with E-state index in [4.69, 9.17) is 10.8 Å². The summed E-state index contributed by atoms with van der Waals surface area (Å²) in [5.41, 5.74) is 2.50. The SMILES string of the molecule is CCC=N/C(=C\Cc1ccc(S(C)=O)cc1)C(=O)Nc1cccc(C(=N)N(C=N)C2CC2)c1. The Morgan fingerprint density at radius 1 is 1.24 bits per heavy atom. The standard InChI is InChI=1S/C25H29N5O2S/c1-3-15-28-23(14-9-18-7-12-22(13-8-18)33(2)32)25(31)29-20-6-4-5-19(16-20)24(27)30(17-26)21-10-11-21/h4-8,12-17,21,26-27H,3,9-11H2,1-2H3,(H,29,31)/b23-14-,26-17?,27-24?,28-15?. The molecule has 0 aliphatic heterocycles. The van der Waals surface area contributed by atoms with Gasteiger partial charge in [0.1, 0.15) is 11.5 Å². The first-order chi connectivity index (χ1) is 15.9. The Labute approximate surface area is 197 Å². The van der Waals surface area contributed by atoms with Crippen LogP contribution in [0.1, 0.15) is 37.3 Å². The van der Waals surface area contributed by atoms with E-state index in [9.17, 15) is 9.00 Å². The number of nitrogens with zero attached hydrogens (tertiary/aromatic N) is 2. The Bertz CT molecular complexity index is 1100. The summed E-state index contributed by atoms with van der Waals surface area (Å²) < 4.78 is 11.6. The molecule has 1 atom stereocenters. The summed E-state index contributed by atoms with van der Waals surface area (Å²) >= 11 is 0. The molecule has 172 valence electrons. The summed E-state index contributed by atoms with van der Waals surface area (Å²) in [6, 6.07) is 14.8. The molecule has 0 saturated heterocycles. The van der Waals surface area contributed by atoms with E-state index in [1.165, 1.54) is 6.34 Å². The molecule has 2 aromatic carbocycles. The molecule has 3 rings (SSSR count). The Kier molecular flexibility index (Phi) is 8.43. The number of allylic oxidation sites excluding steroid dienone is 1. The monoisotopic (exact) mass is 463 g/mol. The van der Waals surface area contributed by atoms with E-state index in [2.05, 4.69) is 10.3 Å². The topological polar surface area (TPSA) is 109 Å². The summed E-state index contributed by atoms with van der Waals surface area (Å²) in [5, 5.41) is 18.9. The summed E-state index contributed by atoms with van der Waals surface area (Å²) in [5.74, 6) is -0.0828. The lowest BCUT2D eigenvalue weighted by Crippen LogP contribution is -2.31. The lowest BCUT2D eigenvalue weighted by molar-refractivity contribution is -0.112. The van der Waals surface area contributed by atoms with E-state index in [-0.39, 0.29) is 17.8 Å². The van der Waals surface area contributed by atoms with Gasteiger partial charge in [0, 0.05) is 45.5 Å². The van der Waals surface area contributed by atoms with Crippen molar-refractivity contribution in [3.63, 3.8) is 0 Å². The highest BCUT2D eigenvalue weighted by atomic mass is 32.2. The van der Waals surface area contributed by atoms with Gasteiger partial charge in [0.05, 0.1) is 6.34 Å². The van der Waals surface area contributed by atoms with Gasteiger partial charge in [-0.1, -0.05) is 31.2 Å². The minimum atomic E-state index is -1.03. The van der Waals surface area contributed by atoms with Crippen LogP contribution in [0.2, 0.25) is 0 Å². The molecule has 3 N–H and O–H groups in total. The van der Waals surface area contributed by atoms with Crippen LogP contribution in [-0.4, -0.2) is 45.7 Å². The van der Waals surface area contributed by atoms with Gasteiger partial charge in [-0.15, -0.1) is 0 Å². The number of rotatable bonds is 10. The molecule has 1 amide bonds. The fourth-order valence-electron chi connectivity index (χ4n) is 3.22. The second-order valence-electron chi connectivity index (χ2n) is 7.76. The summed E-state index contributed by atoms with van der Waals surface area (Å²) in [7, 11) is -1.03. The minimum absolute atomic E-state index is 0.220. The highest BCUT2D eigenvalue weighted by Gasteiger charge is 2.30. The minimum Gasteiger partial charge on any atom is -0.321 e. The predicted octanol–water partition coefficient (Wildman–Crippen LogP) is 4.37. The van der Waals surface area contributed by atoms with Crippen LogP contribution in [-0.2, 0) is 22.0 Å². The fraction of sp³-hybridized carbons (Fsp3) is 0.280. The van der Waals surface area contributed by atoms with E-state index < -0.39 is 10.8 Å². The molecule has 2 aromatic rings. The number of anilines is 1. The van der Waals surface area contributed by atoms with Crippen LogP contribution >= 0.6 is 0 Å². The van der Waals surface area contributed by atoms with Crippen molar-refractivity contribution in [3.8, 4) is 0 Å². The van der Waals surface area contributed by atoms with Crippen LogP contribution in [0.25, 0.3) is 0 Å². The average molecular weight is 464 g/mol. The number of amides is 1. The lowest BCUT2D eigenvalue weighted by atomic mass is 10.1. The van der Waals surface area contributed by atoms with Crippen LogP contribution in [0, 0.1) is 10.8 Å². The van der Waals surface area contributed by atoms with Crippen molar-refractivity contribution < 1.29 is 9.00 Å². The van der Waals surface area contributed by atoms with Crippen LogP contribution in [0.5, 0.6) is 0 Å². The van der Waals surface area contributed by atoms with Crippen LogP contribution < -0.4 is 5.32 Å². The Morgan fingerprint density at radius 2 is 1.97 bits per heavy atom. The zero-order valence-corrected chi connectivity index (χ0v) is 19.7. The highest BCUT2D eigenvalue weighted by Crippen LogP contribution is 2.27. The van der Waals surface area contributed by atoms with Crippen molar-refractivity contribution in [2.75, 3.05) is 11.6 Å². The zero-order chi connectivity index (χ0) is 23.8. The van der Waals surface area contributed by atoms with Crippen molar-refractivity contribution in [3.05, 3.63) is 71.4 Å². The average Bonchev–Trinajstić information content (AvgIpc) is 3.65. The van der Waals surface area contributed by atoms with Crippen molar-refractivity contribution in [2.24, 2.45) is 4.99 Å². The lowest BCUT2D eigenvalue weighted by Gasteiger charge is -2.19. The molecular weight excluding hydrogens is 434 g/mol. The van der Waals surface area contributed by atoms with Gasteiger partial charge >= 0.3 is 0 Å². The van der Waals surface area contributed by atoms with Gasteiger partial charge in [0.25, 0.3) is 5.91 Å². The number of carbonyl (C=O) groups excluding carboxylic acids is 1. The molecule has 1 aliphatic rings. The van der Waals surface area contributed by atoms with Gasteiger partial charge in [-0.3, -0.25) is 24.8 Å². The summed E-state index contributed by atoms with van der Waals surface area (Å²) in [6.45, 7) is 1.95. The third-order valence-electron chi connectivity index (χ3n) is 5.16. The first kappa shape index (κ1) is 24.3. The Balaban J connectivity index is 1.73. The highest BCUT2D eigenvalue weighted by molar-refractivity contribution is 7.84. The summed E-state index contributed by atoms with van der Waals surface area (Å²) in [4.78, 5) is 19.7. The molecule has 0 bridgehead atoms. The van der Waals surface area contributed by atoms with Gasteiger partial charge in [-0.05, 0) is 61.6 Å². The van der Waals surface area contributed by atoms with E-state index in [1.54, 1.807) is 47.7 Å². The molecule has 8 heteroatoms. The fourth-order valence-corrected chi connectivity index (χ4v) is 3.74. The molecule has 0 radical (unpaired) electrons. The van der Waals surface area contributed by atoms with Crippen molar-refractivity contribution in [1.29, 1.82) is 10.8 Å². The maximum atomic E-state index is 12.9. The normalized spacial score (nSPS) is 14.7. The van der Waals surface area contributed by atoms with E-state index in [1.807, 2.05) is 31.2 Å². The number of nitrogens with one attached hydrogen (secondary N) is 3. The molecule has 1 fully saturated rings. The maximum absolute atomic E-state index is 12.9. The Morgan fingerprint density at radius 3 is 2.58 bits per heavy atom. The Hall–Kier alpha value is -3.39. The van der Waals surface area contributed by atoms with E-state index in [0.717, 1.165) is 23.3 Å². The second kappa shape index (κ2) is 11.5. The number of aliphatic imine (C=N–C) groups is 1. The molecular formula is C25H29N5O2S. The van der Waals surface area contributed by atoms with Crippen LogP contribution in [0.4, 0.5) is 5.69 Å². The molecule has 0 aromatic heterocycles. The molecule has 1 aliphatic carbocycles. The van der Waals surface area contributed by atoms with Crippen LogP contribution in [0.15, 0.2) is 70.2 Å². The molecule has 1 unspecified atom stereocenters. The van der Waals surface area contributed by atoms with Gasteiger partial charge in [-0.25, -0.2) is 0 Å². The van der Waals surface area contributed by atoms with E-state index in [0.29, 0.717) is 29.8 Å². The van der Waals surface area contributed by atoms with Crippen molar-refractivity contribution in [2.45, 2.75) is 43.5 Å². The smallest absolute Gasteiger partial charge is 0.273 e. The van der Waals surface area contributed by atoms with Crippen molar-refractivity contribution in [1.82, 2.24) is 4.90 Å². The first-order valence-electron chi connectivity index (χ1n) is 10.9. The predicted molar refractivity (Wildman–Crippen MR) is 135 cm³/mol. The number of hydrogen-bond acceptors (Lipinski definition) is 5. The quantitative estimate of drug-likeness (QED) is 0.276. The number of hydrogen-bond donors (Lipinski definition) is 3. The van der Waals surface area contributed by atoms with Crippen LogP contribution in [0.3, 0.4) is 0 Å². The molecule has 0 spiro atoms. The second-order valence-corrected chi connectivity index (χ2v) is 9.14. The third-order valence-corrected chi connectivity index (χ3v) is 6.10. The van der Waals surface area contributed by atoms with Gasteiger partial charge < -0.3 is 10.2 Å². The number of benzene rings is 2. The molecule has 0 heterocycles. The largest absolute Gasteiger partial charge is 0.321 e. The summed E-state index contributed by atoms with van der Waals surface area (Å²) in [6.07, 6.45) is 9.48. The molecule has 1 saturated carbocycles. The molecule has 7 nitrogen and oxygen atoms in total. The molecule has 33 heavy (non-hydrogen) atoms. The number of amidine groups is 1. The maximum Gasteiger partial charge on any atom is 0.273 e. The van der Waals surface area contributed by atoms with E-state index >= 15 is 0 Å². The third kappa shape index (κ3) is 6.79.